The van der Waals surface area contributed by atoms with Crippen LogP contribution in [0.25, 0.3) is 0 Å². The van der Waals surface area contributed by atoms with Crippen molar-refractivity contribution in [1.29, 1.82) is 0 Å². The van der Waals surface area contributed by atoms with Crippen molar-refractivity contribution >= 4 is 5.91 Å². The van der Waals surface area contributed by atoms with Crippen LogP contribution in [0.2, 0.25) is 0 Å². The molecule has 3 nitrogen and oxygen atoms in total. The molecule has 0 aliphatic rings. The van der Waals surface area contributed by atoms with Crippen molar-refractivity contribution < 1.29 is 9.18 Å². The second-order valence-electron chi connectivity index (χ2n) is 3.94. The molecule has 1 heterocycles. The zero-order valence-electron chi connectivity index (χ0n) is 9.90. The van der Waals surface area contributed by atoms with Gasteiger partial charge in [0.25, 0.3) is 5.91 Å². The highest BCUT2D eigenvalue weighted by molar-refractivity contribution is 5.92. The lowest BCUT2D eigenvalue weighted by Crippen LogP contribution is -2.38. The maximum atomic E-state index is 12.9. The summed E-state index contributed by atoms with van der Waals surface area (Å²) in [4.78, 5) is 17.3. The number of halogens is 1. The van der Waals surface area contributed by atoms with E-state index in [1.54, 1.807) is 4.90 Å². The molecule has 0 N–H and O–H groups in total. The Morgan fingerprint density at radius 3 is 2.69 bits per heavy atom. The Bertz CT molecular complexity index is 366. The Hall–Kier alpha value is -1.45. The molecule has 0 aliphatic carbocycles. The molecule has 0 bridgehead atoms. The molecular weight excluding hydrogens is 207 g/mol. The van der Waals surface area contributed by atoms with E-state index >= 15 is 0 Å². The zero-order valence-corrected chi connectivity index (χ0v) is 9.90. The third-order valence-corrected chi connectivity index (χ3v) is 2.28. The summed E-state index contributed by atoms with van der Waals surface area (Å²) in [6.07, 6.45) is 0.874. The van der Waals surface area contributed by atoms with Crippen LogP contribution in [-0.2, 0) is 0 Å². The fourth-order valence-electron chi connectivity index (χ4n) is 1.51. The molecule has 0 fully saturated rings. The van der Waals surface area contributed by atoms with Gasteiger partial charge in [0.1, 0.15) is 5.69 Å². The Balaban J connectivity index is 2.90. The molecule has 0 aromatic carbocycles. The molecule has 0 unspecified atom stereocenters. The van der Waals surface area contributed by atoms with Gasteiger partial charge in [-0.05, 0) is 32.4 Å². The van der Waals surface area contributed by atoms with E-state index in [4.69, 9.17) is 0 Å². The van der Waals surface area contributed by atoms with Crippen molar-refractivity contribution in [1.82, 2.24) is 9.88 Å². The van der Waals surface area contributed by atoms with Gasteiger partial charge in [-0.3, -0.25) is 4.79 Å². The number of aromatic nitrogens is 1. The van der Waals surface area contributed by atoms with Gasteiger partial charge in [-0.15, -0.1) is 0 Å². The van der Waals surface area contributed by atoms with E-state index in [1.807, 2.05) is 20.8 Å². The van der Waals surface area contributed by atoms with E-state index in [0.29, 0.717) is 6.54 Å². The highest BCUT2D eigenvalue weighted by Gasteiger charge is 2.19. The topological polar surface area (TPSA) is 33.2 Å². The number of amides is 1. The summed E-state index contributed by atoms with van der Waals surface area (Å²) in [5.41, 5.74) is 0.169. The first-order chi connectivity index (χ1) is 7.56. The fourth-order valence-corrected chi connectivity index (χ4v) is 1.51. The van der Waals surface area contributed by atoms with E-state index < -0.39 is 5.95 Å². The Labute approximate surface area is 95.3 Å². The van der Waals surface area contributed by atoms with Gasteiger partial charge < -0.3 is 4.90 Å². The van der Waals surface area contributed by atoms with Crippen molar-refractivity contribution in [3.63, 3.8) is 0 Å². The monoisotopic (exact) mass is 224 g/mol. The highest BCUT2D eigenvalue weighted by atomic mass is 19.1. The second kappa shape index (κ2) is 5.58. The number of hydrogen-bond acceptors (Lipinski definition) is 2. The predicted octanol–water partition coefficient (Wildman–Crippen LogP) is 2.48. The third kappa shape index (κ3) is 3.02. The fraction of sp³-hybridized carbons (Fsp3) is 0.500. The van der Waals surface area contributed by atoms with Crippen LogP contribution in [0.5, 0.6) is 0 Å². The molecule has 0 atom stereocenters. The van der Waals surface area contributed by atoms with Crippen LogP contribution in [0, 0.1) is 5.95 Å². The van der Waals surface area contributed by atoms with Gasteiger partial charge in [0, 0.05) is 12.6 Å². The molecule has 1 aromatic heterocycles. The average Bonchev–Trinajstić information content (AvgIpc) is 2.24. The summed E-state index contributed by atoms with van der Waals surface area (Å²) >= 11 is 0. The van der Waals surface area contributed by atoms with Crippen LogP contribution in [-0.4, -0.2) is 28.4 Å². The maximum Gasteiger partial charge on any atom is 0.272 e. The summed E-state index contributed by atoms with van der Waals surface area (Å²) < 4.78 is 12.9. The van der Waals surface area contributed by atoms with Crippen LogP contribution in [0.3, 0.4) is 0 Å². The minimum atomic E-state index is -0.619. The van der Waals surface area contributed by atoms with Gasteiger partial charge in [0.2, 0.25) is 5.95 Å². The zero-order chi connectivity index (χ0) is 12.1. The van der Waals surface area contributed by atoms with Crippen LogP contribution < -0.4 is 0 Å². The quantitative estimate of drug-likeness (QED) is 0.736. The average molecular weight is 224 g/mol. The molecule has 4 heteroatoms. The summed E-state index contributed by atoms with van der Waals surface area (Å²) in [6.45, 7) is 6.54. The number of carbonyl (C=O) groups excluding carboxylic acids is 1. The van der Waals surface area contributed by atoms with Crippen molar-refractivity contribution in [3.8, 4) is 0 Å². The maximum absolute atomic E-state index is 12.9. The molecule has 1 rings (SSSR count). The largest absolute Gasteiger partial charge is 0.335 e. The van der Waals surface area contributed by atoms with Gasteiger partial charge in [-0.25, -0.2) is 4.98 Å². The van der Waals surface area contributed by atoms with Crippen molar-refractivity contribution in [2.24, 2.45) is 0 Å². The van der Waals surface area contributed by atoms with E-state index in [2.05, 4.69) is 4.98 Å². The summed E-state index contributed by atoms with van der Waals surface area (Å²) in [5, 5.41) is 0. The molecule has 0 spiro atoms. The molecule has 16 heavy (non-hydrogen) atoms. The third-order valence-electron chi connectivity index (χ3n) is 2.28. The summed E-state index contributed by atoms with van der Waals surface area (Å²) in [5.74, 6) is -0.831. The van der Waals surface area contributed by atoms with Crippen LogP contribution in [0.1, 0.15) is 37.7 Å². The molecule has 1 amide bonds. The first-order valence-electron chi connectivity index (χ1n) is 5.49. The Kier molecular flexibility index (Phi) is 4.40. The highest BCUT2D eigenvalue weighted by Crippen LogP contribution is 2.07. The number of rotatable bonds is 4. The number of pyridine rings is 1. The normalized spacial score (nSPS) is 10.6. The van der Waals surface area contributed by atoms with Gasteiger partial charge >= 0.3 is 0 Å². The minimum Gasteiger partial charge on any atom is -0.335 e. The van der Waals surface area contributed by atoms with Crippen LogP contribution >= 0.6 is 0 Å². The summed E-state index contributed by atoms with van der Waals surface area (Å²) in [6, 6.07) is 4.37. The van der Waals surface area contributed by atoms with Gasteiger partial charge in [0.15, 0.2) is 0 Å². The standard InChI is InChI=1S/C12H17FN2O/c1-4-8-15(9(2)3)12(16)10-6-5-7-11(13)14-10/h5-7,9H,4,8H2,1-3H3. The van der Waals surface area contributed by atoms with Crippen molar-refractivity contribution in [3.05, 3.63) is 29.8 Å². The van der Waals surface area contributed by atoms with Crippen molar-refractivity contribution in [2.45, 2.75) is 33.2 Å². The smallest absolute Gasteiger partial charge is 0.272 e. The first kappa shape index (κ1) is 12.6. The molecule has 0 aliphatic heterocycles. The predicted molar refractivity (Wildman–Crippen MR) is 60.7 cm³/mol. The minimum absolute atomic E-state index is 0.0949. The van der Waals surface area contributed by atoms with Gasteiger partial charge in [-0.1, -0.05) is 13.0 Å². The van der Waals surface area contributed by atoms with Crippen LogP contribution in [0.15, 0.2) is 18.2 Å². The second-order valence-corrected chi connectivity index (χ2v) is 3.94. The van der Waals surface area contributed by atoms with Gasteiger partial charge in [-0.2, -0.15) is 4.39 Å². The van der Waals surface area contributed by atoms with E-state index in [-0.39, 0.29) is 17.6 Å². The van der Waals surface area contributed by atoms with Gasteiger partial charge in [0.05, 0.1) is 0 Å². The summed E-state index contributed by atoms with van der Waals surface area (Å²) in [7, 11) is 0. The number of hydrogen-bond donors (Lipinski definition) is 0. The molecule has 0 saturated carbocycles. The lowest BCUT2D eigenvalue weighted by molar-refractivity contribution is 0.0698. The van der Waals surface area contributed by atoms with E-state index in [0.717, 1.165) is 6.42 Å². The molecule has 88 valence electrons. The molecule has 1 aromatic rings. The number of nitrogens with zero attached hydrogens (tertiary/aromatic N) is 2. The SMILES string of the molecule is CCCN(C(=O)c1cccc(F)n1)C(C)C. The van der Waals surface area contributed by atoms with Crippen LogP contribution in [0.4, 0.5) is 4.39 Å². The first-order valence-corrected chi connectivity index (χ1v) is 5.49. The Morgan fingerprint density at radius 2 is 2.19 bits per heavy atom. The Morgan fingerprint density at radius 1 is 1.50 bits per heavy atom. The number of carbonyl (C=O) groups is 1. The lowest BCUT2D eigenvalue weighted by atomic mass is 10.2. The van der Waals surface area contributed by atoms with E-state index in [9.17, 15) is 9.18 Å². The van der Waals surface area contributed by atoms with E-state index in [1.165, 1.54) is 18.2 Å². The molecule has 0 radical (unpaired) electrons. The lowest BCUT2D eigenvalue weighted by Gasteiger charge is -2.25. The van der Waals surface area contributed by atoms with Crippen molar-refractivity contribution in [2.75, 3.05) is 6.54 Å². The molecule has 0 saturated heterocycles. The molecular formula is C12H17FN2O.